The number of rotatable bonds is 10. The first-order valence-electron chi connectivity index (χ1n) is 11.2. The van der Waals surface area contributed by atoms with Crippen LogP contribution < -0.4 is 11.1 Å². The second-order valence-corrected chi connectivity index (χ2v) is 7.98. The van der Waals surface area contributed by atoms with E-state index >= 15 is 0 Å². The molecule has 0 radical (unpaired) electrons. The third kappa shape index (κ3) is 4.92. The quantitative estimate of drug-likeness (QED) is 0.473. The van der Waals surface area contributed by atoms with E-state index in [0.29, 0.717) is 50.7 Å². The van der Waals surface area contributed by atoms with Crippen molar-refractivity contribution in [3.05, 3.63) is 53.0 Å². The van der Waals surface area contributed by atoms with Crippen LogP contribution in [0.15, 0.2) is 30.3 Å². The van der Waals surface area contributed by atoms with E-state index in [1.54, 1.807) is 19.2 Å². The van der Waals surface area contributed by atoms with Gasteiger partial charge in [-0.25, -0.2) is 9.97 Å². The fourth-order valence-electron chi connectivity index (χ4n) is 4.26. The molecule has 0 saturated heterocycles. The van der Waals surface area contributed by atoms with Gasteiger partial charge in [-0.15, -0.1) is 0 Å². The highest BCUT2D eigenvalue weighted by atomic mass is 16.5. The highest BCUT2D eigenvalue weighted by Gasteiger charge is 2.22. The number of carbonyl (C=O) groups is 1. The lowest BCUT2D eigenvalue weighted by Gasteiger charge is -2.18. The summed E-state index contributed by atoms with van der Waals surface area (Å²) in [6.45, 7) is 2.68. The molecule has 3 aromatic rings. The van der Waals surface area contributed by atoms with Crippen molar-refractivity contribution in [3.63, 3.8) is 0 Å². The molecule has 1 amide bonds. The number of anilines is 1. The number of imidazole rings is 1. The Morgan fingerprint density at radius 3 is 2.75 bits per heavy atom. The van der Waals surface area contributed by atoms with E-state index in [2.05, 4.69) is 14.9 Å². The summed E-state index contributed by atoms with van der Waals surface area (Å²) in [5, 5.41) is 2.89. The molecule has 4 rings (SSSR count). The number of aromatic nitrogens is 3. The normalized spacial score (nSPS) is 13.3. The van der Waals surface area contributed by atoms with Gasteiger partial charge in [0.2, 0.25) is 0 Å². The van der Waals surface area contributed by atoms with Crippen LogP contribution in [-0.2, 0) is 35.3 Å². The molecule has 0 unspecified atom stereocenters. The lowest BCUT2D eigenvalue weighted by molar-refractivity contribution is 0.0908. The summed E-state index contributed by atoms with van der Waals surface area (Å²) in [7, 11) is 1.69. The van der Waals surface area contributed by atoms with Crippen molar-refractivity contribution in [2.24, 2.45) is 0 Å². The van der Waals surface area contributed by atoms with Crippen LogP contribution in [0.4, 0.5) is 5.82 Å². The van der Waals surface area contributed by atoms with Gasteiger partial charge >= 0.3 is 0 Å². The van der Waals surface area contributed by atoms with Crippen LogP contribution in [-0.4, -0.2) is 53.9 Å². The number of carbonyl (C=O) groups excluding carboxylic acids is 1. The molecule has 8 nitrogen and oxygen atoms in total. The van der Waals surface area contributed by atoms with E-state index in [4.69, 9.17) is 20.2 Å². The number of methoxy groups -OCH3 is 1. The van der Waals surface area contributed by atoms with Crippen molar-refractivity contribution >= 4 is 22.8 Å². The molecule has 1 aliphatic rings. The minimum atomic E-state index is -0.0914. The fourth-order valence-corrected chi connectivity index (χ4v) is 4.26. The lowest BCUT2D eigenvalue weighted by atomic mass is 9.95. The first-order chi connectivity index (χ1) is 15.7. The van der Waals surface area contributed by atoms with Crippen molar-refractivity contribution in [1.29, 1.82) is 0 Å². The van der Waals surface area contributed by atoms with Gasteiger partial charge in [0.15, 0.2) is 5.82 Å². The Morgan fingerprint density at radius 2 is 1.94 bits per heavy atom. The number of nitrogens with zero attached hydrogens (tertiary/aromatic N) is 3. The average Bonchev–Trinajstić information content (AvgIpc) is 3.19. The number of hydrogen-bond acceptors (Lipinski definition) is 6. The Balaban J connectivity index is 1.41. The van der Waals surface area contributed by atoms with E-state index in [1.165, 1.54) is 5.56 Å². The molecule has 0 bridgehead atoms. The molecule has 1 aliphatic carbocycles. The number of fused-ring (bicyclic) bond motifs is 3. The lowest BCUT2D eigenvalue weighted by Crippen LogP contribution is -2.27. The smallest absolute Gasteiger partial charge is 0.251 e. The predicted octanol–water partition coefficient (Wildman–Crippen LogP) is 2.53. The highest BCUT2D eigenvalue weighted by Crippen LogP contribution is 2.31. The Hall–Kier alpha value is -2.97. The molecule has 1 aromatic carbocycles. The summed E-state index contributed by atoms with van der Waals surface area (Å²) in [5.74, 6) is 1.35. The number of aryl methyl sites for hydroxylation is 2. The van der Waals surface area contributed by atoms with Crippen molar-refractivity contribution in [3.8, 4) is 0 Å². The van der Waals surface area contributed by atoms with E-state index in [1.807, 2.05) is 18.2 Å². The molecule has 0 spiro atoms. The highest BCUT2D eigenvalue weighted by molar-refractivity contribution is 5.94. The maximum Gasteiger partial charge on any atom is 0.251 e. The number of nitrogens with two attached hydrogens (primary N) is 1. The maximum absolute atomic E-state index is 12.1. The Labute approximate surface area is 188 Å². The molecule has 3 N–H and O–H groups in total. The molecule has 2 aromatic heterocycles. The SMILES string of the molecule is COCCc1nc2c(N)nc3c(c2n1CCOCCNC(=O)c1ccccc1)CCCC3. The van der Waals surface area contributed by atoms with Crippen LogP contribution in [0.5, 0.6) is 0 Å². The zero-order valence-corrected chi connectivity index (χ0v) is 18.6. The van der Waals surface area contributed by atoms with E-state index < -0.39 is 0 Å². The third-order valence-electron chi connectivity index (χ3n) is 5.83. The molecule has 170 valence electrons. The van der Waals surface area contributed by atoms with Gasteiger partial charge < -0.3 is 25.1 Å². The third-order valence-corrected chi connectivity index (χ3v) is 5.83. The van der Waals surface area contributed by atoms with Crippen molar-refractivity contribution in [2.45, 2.75) is 38.6 Å². The Bertz CT molecular complexity index is 1060. The Morgan fingerprint density at radius 1 is 1.12 bits per heavy atom. The summed E-state index contributed by atoms with van der Waals surface area (Å²) in [6.07, 6.45) is 4.97. The van der Waals surface area contributed by atoms with Gasteiger partial charge in [0.1, 0.15) is 11.3 Å². The number of benzene rings is 1. The number of hydrogen-bond donors (Lipinski definition) is 2. The maximum atomic E-state index is 12.1. The number of ether oxygens (including phenoxy) is 2. The standard InChI is InChI=1S/C24H31N5O3/c1-31-14-11-20-28-21-22(18-9-5-6-10-19(18)27-23(21)25)29(20)13-16-32-15-12-26-24(30)17-7-3-2-4-8-17/h2-4,7-8H,5-6,9-16H2,1H3,(H2,25,27)(H,26,30). The van der Waals surface area contributed by atoms with Crippen LogP contribution in [0.1, 0.15) is 40.3 Å². The second-order valence-electron chi connectivity index (χ2n) is 7.98. The van der Waals surface area contributed by atoms with Gasteiger partial charge in [-0.1, -0.05) is 18.2 Å². The average molecular weight is 438 g/mol. The first kappa shape index (κ1) is 22.2. The summed E-state index contributed by atoms with van der Waals surface area (Å²) >= 11 is 0. The van der Waals surface area contributed by atoms with Crippen molar-refractivity contribution in [2.75, 3.05) is 39.2 Å². The second kappa shape index (κ2) is 10.6. The number of pyridine rings is 1. The van der Waals surface area contributed by atoms with Crippen LogP contribution in [0.25, 0.3) is 11.0 Å². The molecule has 0 atom stereocenters. The zero-order valence-electron chi connectivity index (χ0n) is 18.6. The number of nitrogens with one attached hydrogen (secondary N) is 1. The number of amides is 1. The summed E-state index contributed by atoms with van der Waals surface area (Å²) in [4.78, 5) is 21.6. The first-order valence-corrected chi connectivity index (χ1v) is 11.2. The van der Waals surface area contributed by atoms with Gasteiger partial charge in [-0.3, -0.25) is 4.79 Å². The monoisotopic (exact) mass is 437 g/mol. The fraction of sp³-hybridized carbons (Fsp3) is 0.458. The predicted molar refractivity (Wildman–Crippen MR) is 124 cm³/mol. The van der Waals surface area contributed by atoms with Crippen LogP contribution >= 0.6 is 0 Å². The Kier molecular flexibility index (Phi) is 7.34. The van der Waals surface area contributed by atoms with Crippen LogP contribution in [0.2, 0.25) is 0 Å². The molecular weight excluding hydrogens is 406 g/mol. The van der Waals surface area contributed by atoms with E-state index in [0.717, 1.165) is 48.2 Å². The van der Waals surface area contributed by atoms with E-state index in [9.17, 15) is 4.79 Å². The van der Waals surface area contributed by atoms with Crippen molar-refractivity contribution in [1.82, 2.24) is 19.9 Å². The molecule has 2 heterocycles. The minimum absolute atomic E-state index is 0.0914. The summed E-state index contributed by atoms with van der Waals surface area (Å²) < 4.78 is 13.3. The molecular formula is C24H31N5O3. The van der Waals surface area contributed by atoms with Gasteiger partial charge in [-0.2, -0.15) is 0 Å². The van der Waals surface area contributed by atoms with Crippen molar-refractivity contribution < 1.29 is 14.3 Å². The zero-order chi connectivity index (χ0) is 22.3. The molecule has 32 heavy (non-hydrogen) atoms. The largest absolute Gasteiger partial charge is 0.384 e. The minimum Gasteiger partial charge on any atom is -0.384 e. The van der Waals surface area contributed by atoms with Gasteiger partial charge in [0.25, 0.3) is 5.91 Å². The molecule has 0 aliphatic heterocycles. The van der Waals surface area contributed by atoms with Crippen LogP contribution in [0.3, 0.4) is 0 Å². The van der Waals surface area contributed by atoms with Gasteiger partial charge in [0.05, 0.1) is 25.3 Å². The summed E-state index contributed by atoms with van der Waals surface area (Å²) in [6, 6.07) is 9.18. The molecule has 8 heteroatoms. The topological polar surface area (TPSA) is 104 Å². The summed E-state index contributed by atoms with van der Waals surface area (Å²) in [5.41, 5.74) is 11.2. The van der Waals surface area contributed by atoms with Gasteiger partial charge in [-0.05, 0) is 43.4 Å². The molecule has 0 fully saturated rings. The van der Waals surface area contributed by atoms with Gasteiger partial charge in [0, 0.05) is 37.9 Å². The molecule has 0 saturated carbocycles. The van der Waals surface area contributed by atoms with E-state index in [-0.39, 0.29) is 5.91 Å². The van der Waals surface area contributed by atoms with Crippen LogP contribution in [0, 0.1) is 0 Å². The number of nitrogen functional groups attached to an aromatic ring is 1.